The van der Waals surface area contributed by atoms with Gasteiger partial charge < -0.3 is 10.1 Å². The molecule has 1 aromatic carbocycles. The van der Waals surface area contributed by atoms with E-state index in [4.69, 9.17) is 9.84 Å². The number of rotatable bonds is 8. The molecule has 22 heavy (non-hydrogen) atoms. The zero-order chi connectivity index (χ0) is 15.9. The van der Waals surface area contributed by atoms with Crippen LogP contribution in [-0.2, 0) is 19.5 Å². The van der Waals surface area contributed by atoms with Crippen LogP contribution in [0.5, 0.6) is 5.75 Å². The number of ether oxygens (including phenoxy) is 1. The van der Waals surface area contributed by atoms with E-state index in [0.717, 1.165) is 37.5 Å². The Kier molecular flexibility index (Phi) is 6.01. The van der Waals surface area contributed by atoms with Gasteiger partial charge in [-0.05, 0) is 36.2 Å². The van der Waals surface area contributed by atoms with Crippen molar-refractivity contribution in [2.45, 2.75) is 40.3 Å². The second-order valence-corrected chi connectivity index (χ2v) is 6.01. The monoisotopic (exact) mass is 301 g/mol. The topological polar surface area (TPSA) is 39.1 Å². The molecule has 0 unspecified atom stereocenters. The van der Waals surface area contributed by atoms with E-state index in [0.29, 0.717) is 5.92 Å². The number of aromatic nitrogens is 2. The van der Waals surface area contributed by atoms with E-state index in [1.54, 1.807) is 7.11 Å². The van der Waals surface area contributed by atoms with E-state index in [1.165, 1.54) is 11.3 Å². The van der Waals surface area contributed by atoms with Gasteiger partial charge in [-0.15, -0.1) is 0 Å². The molecule has 0 aliphatic heterocycles. The highest BCUT2D eigenvalue weighted by atomic mass is 16.5. The first-order chi connectivity index (χ1) is 10.6. The van der Waals surface area contributed by atoms with E-state index in [9.17, 15) is 0 Å². The minimum absolute atomic E-state index is 0.585. The van der Waals surface area contributed by atoms with E-state index in [2.05, 4.69) is 49.0 Å². The number of methoxy groups -OCH3 is 1. The average molecular weight is 301 g/mol. The quantitative estimate of drug-likeness (QED) is 0.813. The summed E-state index contributed by atoms with van der Waals surface area (Å²) in [6, 6.07) is 10.5. The maximum absolute atomic E-state index is 5.22. The molecule has 1 N–H and O–H groups in total. The van der Waals surface area contributed by atoms with Crippen LogP contribution in [-0.4, -0.2) is 23.4 Å². The van der Waals surface area contributed by atoms with Crippen LogP contribution in [0.4, 0.5) is 0 Å². The molecule has 4 heteroatoms. The van der Waals surface area contributed by atoms with Gasteiger partial charge >= 0.3 is 0 Å². The van der Waals surface area contributed by atoms with Crippen LogP contribution < -0.4 is 10.1 Å². The average Bonchev–Trinajstić information content (AvgIpc) is 2.87. The molecule has 2 rings (SSSR count). The summed E-state index contributed by atoms with van der Waals surface area (Å²) in [7, 11) is 1.69. The molecular formula is C18H27N3O. The van der Waals surface area contributed by atoms with Crippen molar-refractivity contribution in [2.24, 2.45) is 5.92 Å². The Bertz CT molecular complexity index is 573. The molecule has 2 aromatic rings. The summed E-state index contributed by atoms with van der Waals surface area (Å²) < 4.78 is 7.37. The van der Waals surface area contributed by atoms with Crippen molar-refractivity contribution in [3.8, 4) is 5.75 Å². The van der Waals surface area contributed by atoms with Crippen LogP contribution in [0.2, 0.25) is 0 Å². The lowest BCUT2D eigenvalue weighted by molar-refractivity contribution is 0.414. The summed E-state index contributed by atoms with van der Waals surface area (Å²) in [5, 5.41) is 8.09. The minimum atomic E-state index is 0.585. The van der Waals surface area contributed by atoms with Gasteiger partial charge in [-0.1, -0.05) is 32.9 Å². The molecule has 0 radical (unpaired) electrons. The Hall–Kier alpha value is -1.81. The largest absolute Gasteiger partial charge is 0.497 e. The van der Waals surface area contributed by atoms with Gasteiger partial charge in [-0.3, -0.25) is 4.68 Å². The van der Waals surface area contributed by atoms with Crippen molar-refractivity contribution in [1.29, 1.82) is 0 Å². The molecule has 0 amide bonds. The van der Waals surface area contributed by atoms with E-state index >= 15 is 0 Å². The maximum atomic E-state index is 5.22. The van der Waals surface area contributed by atoms with Gasteiger partial charge in [-0.25, -0.2) is 0 Å². The smallest absolute Gasteiger partial charge is 0.118 e. The second kappa shape index (κ2) is 7.99. The van der Waals surface area contributed by atoms with Crippen molar-refractivity contribution >= 4 is 0 Å². The van der Waals surface area contributed by atoms with Crippen LogP contribution in [0.15, 0.2) is 30.3 Å². The fraction of sp³-hybridized carbons (Fsp3) is 0.500. The highest BCUT2D eigenvalue weighted by Gasteiger charge is 2.10. The molecule has 120 valence electrons. The molecular weight excluding hydrogens is 274 g/mol. The molecule has 0 aliphatic carbocycles. The first-order valence-corrected chi connectivity index (χ1v) is 8.01. The molecule has 0 atom stereocenters. The molecule has 0 aliphatic rings. The SMILES string of the molecule is CCNCc1cc(Cc2ccc(OC)cc2)n(CC(C)C)n1. The third-order valence-electron chi connectivity index (χ3n) is 3.55. The zero-order valence-electron chi connectivity index (χ0n) is 14.1. The molecule has 1 heterocycles. The van der Waals surface area contributed by atoms with E-state index in [1.807, 2.05) is 12.1 Å². The molecule has 4 nitrogen and oxygen atoms in total. The van der Waals surface area contributed by atoms with Crippen molar-refractivity contribution in [1.82, 2.24) is 15.1 Å². The number of hydrogen-bond acceptors (Lipinski definition) is 3. The molecule has 0 saturated heterocycles. The minimum Gasteiger partial charge on any atom is -0.497 e. The van der Waals surface area contributed by atoms with Crippen LogP contribution in [0.3, 0.4) is 0 Å². The number of hydrogen-bond donors (Lipinski definition) is 1. The van der Waals surface area contributed by atoms with Crippen molar-refractivity contribution < 1.29 is 4.74 Å². The van der Waals surface area contributed by atoms with Gasteiger partial charge in [0.2, 0.25) is 0 Å². The van der Waals surface area contributed by atoms with Gasteiger partial charge in [0, 0.05) is 25.2 Å². The summed E-state index contributed by atoms with van der Waals surface area (Å²) in [6.07, 6.45) is 0.899. The lowest BCUT2D eigenvalue weighted by atomic mass is 10.1. The summed E-state index contributed by atoms with van der Waals surface area (Å²) in [4.78, 5) is 0. The third kappa shape index (κ3) is 4.60. The Morgan fingerprint density at radius 2 is 1.95 bits per heavy atom. The first-order valence-electron chi connectivity index (χ1n) is 8.01. The maximum Gasteiger partial charge on any atom is 0.118 e. The highest BCUT2D eigenvalue weighted by Crippen LogP contribution is 2.16. The Morgan fingerprint density at radius 3 is 2.55 bits per heavy atom. The Morgan fingerprint density at radius 1 is 1.23 bits per heavy atom. The number of benzene rings is 1. The number of nitrogens with one attached hydrogen (secondary N) is 1. The van der Waals surface area contributed by atoms with Gasteiger partial charge in [-0.2, -0.15) is 5.10 Å². The fourth-order valence-corrected chi connectivity index (χ4v) is 2.45. The lowest BCUT2D eigenvalue weighted by Gasteiger charge is -2.10. The molecule has 0 fully saturated rings. The van der Waals surface area contributed by atoms with Gasteiger partial charge in [0.1, 0.15) is 5.75 Å². The van der Waals surface area contributed by atoms with Crippen molar-refractivity contribution in [2.75, 3.05) is 13.7 Å². The zero-order valence-corrected chi connectivity index (χ0v) is 14.1. The van der Waals surface area contributed by atoms with Crippen LogP contribution in [0.1, 0.15) is 37.7 Å². The summed E-state index contributed by atoms with van der Waals surface area (Å²) >= 11 is 0. The van der Waals surface area contributed by atoms with Crippen LogP contribution in [0, 0.1) is 5.92 Å². The van der Waals surface area contributed by atoms with Crippen molar-refractivity contribution in [3.05, 3.63) is 47.3 Å². The standard InChI is InChI=1S/C18H27N3O/c1-5-19-12-16-11-17(21(20-16)13-14(2)3)10-15-6-8-18(22-4)9-7-15/h6-9,11,14,19H,5,10,12-13H2,1-4H3. The summed E-state index contributed by atoms with van der Waals surface area (Å²) in [5.74, 6) is 1.48. The van der Waals surface area contributed by atoms with Gasteiger partial charge in [0.25, 0.3) is 0 Å². The Labute approximate surface area is 133 Å². The van der Waals surface area contributed by atoms with Crippen molar-refractivity contribution in [3.63, 3.8) is 0 Å². The predicted octanol–water partition coefficient (Wildman–Crippen LogP) is 3.25. The summed E-state index contributed by atoms with van der Waals surface area (Å²) in [5.41, 5.74) is 3.67. The highest BCUT2D eigenvalue weighted by molar-refractivity contribution is 5.30. The summed E-state index contributed by atoms with van der Waals surface area (Å²) in [6.45, 7) is 9.31. The van der Waals surface area contributed by atoms with E-state index in [-0.39, 0.29) is 0 Å². The molecule has 0 saturated carbocycles. The normalized spacial score (nSPS) is 11.1. The predicted molar refractivity (Wildman–Crippen MR) is 90.2 cm³/mol. The van der Waals surface area contributed by atoms with Gasteiger partial charge in [0.15, 0.2) is 0 Å². The second-order valence-electron chi connectivity index (χ2n) is 6.01. The van der Waals surface area contributed by atoms with Gasteiger partial charge in [0.05, 0.1) is 12.8 Å². The number of nitrogens with zero attached hydrogens (tertiary/aromatic N) is 2. The molecule has 0 bridgehead atoms. The molecule has 1 aromatic heterocycles. The first kappa shape index (κ1) is 16.6. The third-order valence-corrected chi connectivity index (χ3v) is 3.55. The Balaban J connectivity index is 2.16. The molecule has 0 spiro atoms. The lowest BCUT2D eigenvalue weighted by Crippen LogP contribution is -2.13. The van der Waals surface area contributed by atoms with Crippen LogP contribution >= 0.6 is 0 Å². The van der Waals surface area contributed by atoms with Crippen LogP contribution in [0.25, 0.3) is 0 Å². The fourth-order valence-electron chi connectivity index (χ4n) is 2.45. The van der Waals surface area contributed by atoms with E-state index < -0.39 is 0 Å².